The molecule has 0 bridgehead atoms. The van der Waals surface area contributed by atoms with E-state index in [9.17, 15) is 9.59 Å². The summed E-state index contributed by atoms with van der Waals surface area (Å²) in [5.41, 5.74) is 3.87. The first-order valence-electron chi connectivity index (χ1n) is 12.7. The summed E-state index contributed by atoms with van der Waals surface area (Å²) in [6.45, 7) is 7.91. The highest BCUT2D eigenvalue weighted by Gasteiger charge is 2.32. The van der Waals surface area contributed by atoms with E-state index >= 15 is 0 Å². The van der Waals surface area contributed by atoms with Crippen LogP contribution in [0.4, 0.5) is 16.3 Å². The number of hydrogen-bond donors (Lipinski definition) is 2. The number of alkyl carbamates (subject to hydrolysis) is 1. The highest BCUT2D eigenvalue weighted by Crippen LogP contribution is 2.27. The Morgan fingerprint density at radius 2 is 1.79 bits per heavy atom. The number of nitrogens with zero attached hydrogens (tertiary/aromatic N) is 4. The Kier molecular flexibility index (Phi) is 6.75. The number of amides is 2. The highest BCUT2D eigenvalue weighted by molar-refractivity contribution is 5.96. The van der Waals surface area contributed by atoms with Crippen LogP contribution >= 0.6 is 0 Å². The van der Waals surface area contributed by atoms with Crippen molar-refractivity contribution in [3.05, 3.63) is 78.5 Å². The number of imidazole rings is 1. The summed E-state index contributed by atoms with van der Waals surface area (Å²) < 4.78 is 7.14. The summed E-state index contributed by atoms with van der Waals surface area (Å²) in [7, 11) is 0. The van der Waals surface area contributed by atoms with Crippen LogP contribution < -0.4 is 15.5 Å². The third kappa shape index (κ3) is 5.61. The first kappa shape index (κ1) is 25.3. The summed E-state index contributed by atoms with van der Waals surface area (Å²) in [4.78, 5) is 31.0. The van der Waals surface area contributed by atoms with Crippen LogP contribution in [0.2, 0.25) is 0 Å². The molecule has 5 rings (SSSR count). The number of ether oxygens (including phenoxy) is 1. The normalized spacial score (nSPS) is 16.5. The molecule has 2 atom stereocenters. The van der Waals surface area contributed by atoms with Crippen molar-refractivity contribution < 1.29 is 14.3 Å². The second kappa shape index (κ2) is 10.2. The van der Waals surface area contributed by atoms with Crippen molar-refractivity contribution in [1.82, 2.24) is 19.9 Å². The minimum absolute atomic E-state index is 0.0430. The van der Waals surface area contributed by atoms with Gasteiger partial charge >= 0.3 is 6.09 Å². The molecule has 0 aliphatic carbocycles. The molecule has 1 saturated heterocycles. The van der Waals surface area contributed by atoms with E-state index in [1.807, 2.05) is 79.9 Å². The fraction of sp³-hybridized carbons (Fsp3) is 0.310. The number of carbonyl (C=O) groups excluding carboxylic acids is 2. The summed E-state index contributed by atoms with van der Waals surface area (Å²) in [6.07, 6.45) is 1.51. The predicted octanol–water partition coefficient (Wildman–Crippen LogP) is 5.20. The number of hydrogen-bond acceptors (Lipinski definition) is 6. The summed E-state index contributed by atoms with van der Waals surface area (Å²) >= 11 is 0. The summed E-state index contributed by atoms with van der Waals surface area (Å²) in [5.74, 6) is 0.703. The zero-order chi connectivity index (χ0) is 26.9. The van der Waals surface area contributed by atoms with Gasteiger partial charge in [0.15, 0.2) is 5.65 Å². The first-order chi connectivity index (χ1) is 18.2. The number of anilines is 2. The molecule has 2 aromatic carbocycles. The van der Waals surface area contributed by atoms with Crippen molar-refractivity contribution in [3.63, 3.8) is 0 Å². The van der Waals surface area contributed by atoms with Crippen molar-refractivity contribution in [2.24, 2.45) is 0 Å². The molecular weight excluding hydrogens is 480 g/mol. The number of benzene rings is 2. The Morgan fingerprint density at radius 3 is 2.50 bits per heavy atom. The number of fused-ring (bicyclic) bond motifs is 1. The van der Waals surface area contributed by atoms with E-state index in [2.05, 4.69) is 34.7 Å². The molecule has 2 amide bonds. The van der Waals surface area contributed by atoms with E-state index in [4.69, 9.17) is 9.84 Å². The Bertz CT molecular complexity index is 1440. The average Bonchev–Trinajstić information content (AvgIpc) is 3.46. The molecular formula is C29H32N6O3. The second-order valence-electron chi connectivity index (χ2n) is 10.5. The molecule has 9 nitrogen and oxygen atoms in total. The van der Waals surface area contributed by atoms with Gasteiger partial charge in [-0.3, -0.25) is 4.79 Å². The minimum atomic E-state index is -0.591. The number of nitrogens with one attached hydrogen (secondary N) is 2. The van der Waals surface area contributed by atoms with Crippen LogP contribution in [0.5, 0.6) is 0 Å². The van der Waals surface area contributed by atoms with Crippen LogP contribution in [0.1, 0.15) is 45.7 Å². The van der Waals surface area contributed by atoms with Gasteiger partial charge in [0.25, 0.3) is 0 Å². The summed E-state index contributed by atoms with van der Waals surface area (Å²) in [5, 5.41) is 11.0. The molecule has 1 fully saturated rings. The van der Waals surface area contributed by atoms with Gasteiger partial charge in [0.05, 0.1) is 17.9 Å². The largest absolute Gasteiger partial charge is 0.444 e. The zero-order valence-electron chi connectivity index (χ0n) is 22.0. The van der Waals surface area contributed by atoms with E-state index in [0.717, 1.165) is 28.4 Å². The molecule has 1 aliphatic rings. The predicted molar refractivity (Wildman–Crippen MR) is 147 cm³/mol. The quantitative estimate of drug-likeness (QED) is 0.368. The Hall–Kier alpha value is -4.40. The van der Waals surface area contributed by atoms with Crippen LogP contribution in [0.15, 0.2) is 72.9 Å². The third-order valence-electron chi connectivity index (χ3n) is 6.35. The Morgan fingerprint density at radius 1 is 1.05 bits per heavy atom. The molecule has 1 aliphatic heterocycles. The lowest BCUT2D eigenvalue weighted by Crippen LogP contribution is -2.40. The topological polar surface area (TPSA) is 101 Å². The second-order valence-corrected chi connectivity index (χ2v) is 10.5. The van der Waals surface area contributed by atoms with E-state index in [0.29, 0.717) is 6.54 Å². The van der Waals surface area contributed by atoms with E-state index in [1.165, 1.54) is 5.56 Å². The van der Waals surface area contributed by atoms with E-state index < -0.39 is 11.7 Å². The van der Waals surface area contributed by atoms with Crippen molar-refractivity contribution in [1.29, 1.82) is 0 Å². The number of aromatic nitrogens is 3. The van der Waals surface area contributed by atoms with Gasteiger partial charge in [0.1, 0.15) is 11.4 Å². The Balaban J connectivity index is 1.30. The molecule has 0 spiro atoms. The lowest BCUT2D eigenvalue weighted by molar-refractivity contribution is -0.117. The SMILES string of the molecule is C[C@@H](Nc1ccc2ncc(-c3ccc(N4C[C@@H](NC(=O)OC(C)(C)C)CC4=O)cc3)n2n1)c1ccccc1. The Labute approximate surface area is 221 Å². The van der Waals surface area contributed by atoms with Gasteiger partial charge in [0.2, 0.25) is 5.91 Å². The smallest absolute Gasteiger partial charge is 0.407 e. The van der Waals surface area contributed by atoms with Gasteiger partial charge < -0.3 is 20.3 Å². The maximum atomic E-state index is 12.7. The van der Waals surface area contributed by atoms with E-state index in [-0.39, 0.29) is 24.4 Å². The van der Waals surface area contributed by atoms with Gasteiger partial charge in [-0.05, 0) is 57.5 Å². The minimum Gasteiger partial charge on any atom is -0.444 e. The molecule has 0 unspecified atom stereocenters. The van der Waals surface area contributed by atoms with Gasteiger partial charge in [-0.15, -0.1) is 5.10 Å². The van der Waals surface area contributed by atoms with Crippen molar-refractivity contribution in [2.75, 3.05) is 16.8 Å². The van der Waals surface area contributed by atoms with Gasteiger partial charge in [-0.2, -0.15) is 0 Å². The molecule has 196 valence electrons. The van der Waals surface area contributed by atoms with Crippen molar-refractivity contribution >= 4 is 29.2 Å². The molecule has 2 N–H and O–H groups in total. The van der Waals surface area contributed by atoms with Crippen LogP contribution in [0, 0.1) is 0 Å². The number of rotatable bonds is 6. The molecule has 9 heteroatoms. The lowest BCUT2D eigenvalue weighted by atomic mass is 10.1. The average molecular weight is 513 g/mol. The standard InChI is InChI=1S/C29H32N6O3/c1-19(20-8-6-5-7-9-20)31-25-14-15-26-30-17-24(35(26)33-25)21-10-12-23(13-11-21)34-18-22(16-27(34)36)32-28(37)38-29(2,3)4/h5-15,17,19,22H,16,18H2,1-4H3,(H,31,33)(H,32,37)/t19-,22+/m1/s1. The van der Waals surface area contributed by atoms with Crippen LogP contribution in [-0.2, 0) is 9.53 Å². The highest BCUT2D eigenvalue weighted by atomic mass is 16.6. The molecule has 0 radical (unpaired) electrons. The van der Waals surface area contributed by atoms with Gasteiger partial charge in [0, 0.05) is 30.3 Å². The monoisotopic (exact) mass is 512 g/mol. The maximum Gasteiger partial charge on any atom is 0.407 e. The zero-order valence-corrected chi connectivity index (χ0v) is 22.0. The fourth-order valence-electron chi connectivity index (χ4n) is 4.53. The van der Waals surface area contributed by atoms with Crippen LogP contribution in [0.3, 0.4) is 0 Å². The maximum absolute atomic E-state index is 12.7. The molecule has 0 saturated carbocycles. The van der Waals surface area contributed by atoms with Crippen molar-refractivity contribution in [2.45, 2.75) is 51.8 Å². The summed E-state index contributed by atoms with van der Waals surface area (Å²) in [6, 6.07) is 21.6. The lowest BCUT2D eigenvalue weighted by Gasteiger charge is -2.22. The fourth-order valence-corrected chi connectivity index (χ4v) is 4.53. The molecule has 38 heavy (non-hydrogen) atoms. The van der Waals surface area contributed by atoms with Gasteiger partial charge in [-0.25, -0.2) is 14.3 Å². The first-order valence-corrected chi connectivity index (χ1v) is 12.7. The number of carbonyl (C=O) groups is 2. The molecule has 3 heterocycles. The van der Waals surface area contributed by atoms with Gasteiger partial charge in [-0.1, -0.05) is 42.5 Å². The van der Waals surface area contributed by atoms with Crippen LogP contribution in [0.25, 0.3) is 16.9 Å². The van der Waals surface area contributed by atoms with E-state index in [1.54, 1.807) is 11.1 Å². The van der Waals surface area contributed by atoms with Crippen molar-refractivity contribution in [3.8, 4) is 11.3 Å². The third-order valence-corrected chi connectivity index (χ3v) is 6.35. The van der Waals surface area contributed by atoms with Crippen LogP contribution in [-0.4, -0.2) is 44.8 Å². The molecule has 4 aromatic rings. The molecule has 2 aromatic heterocycles.